The molecule has 26 heavy (non-hydrogen) atoms. The molecule has 2 aromatic rings. The van der Waals surface area contributed by atoms with Crippen LogP contribution in [-0.2, 0) is 16.8 Å². The van der Waals surface area contributed by atoms with Gasteiger partial charge in [-0.05, 0) is 30.4 Å². The first-order valence-electron chi connectivity index (χ1n) is 9.17. The fraction of sp³-hybridized carbons (Fsp3) is 0.400. The van der Waals surface area contributed by atoms with Gasteiger partial charge in [-0.15, -0.1) is 11.3 Å². The predicted octanol–water partition coefficient (Wildman–Crippen LogP) is 2.06. The molecule has 0 aliphatic carbocycles. The zero-order chi connectivity index (χ0) is 18.3. The van der Waals surface area contributed by atoms with Gasteiger partial charge in [0.25, 0.3) is 5.91 Å². The topological polar surface area (TPSA) is 53.9 Å². The van der Waals surface area contributed by atoms with Gasteiger partial charge in [0.15, 0.2) is 6.67 Å². The summed E-state index contributed by atoms with van der Waals surface area (Å²) in [6.07, 6.45) is 1.55. The van der Waals surface area contributed by atoms with Crippen molar-refractivity contribution < 1.29 is 14.5 Å². The number of quaternary nitrogens is 1. The summed E-state index contributed by atoms with van der Waals surface area (Å²) < 4.78 is 0. The highest BCUT2D eigenvalue weighted by Crippen LogP contribution is 2.32. The highest BCUT2D eigenvalue weighted by Gasteiger charge is 2.52. The Morgan fingerprint density at radius 1 is 1.27 bits per heavy atom. The molecular formula is C20H24N3O2S+. The number of hydrogen-bond donors (Lipinski definition) is 2. The second-order valence-corrected chi connectivity index (χ2v) is 8.13. The van der Waals surface area contributed by atoms with Crippen LogP contribution in [0.15, 0.2) is 41.8 Å². The van der Waals surface area contributed by atoms with Gasteiger partial charge in [-0.1, -0.05) is 37.3 Å². The third kappa shape index (κ3) is 2.56. The van der Waals surface area contributed by atoms with Gasteiger partial charge in [0.2, 0.25) is 0 Å². The van der Waals surface area contributed by atoms with Crippen molar-refractivity contribution in [3.8, 4) is 0 Å². The fourth-order valence-corrected chi connectivity index (χ4v) is 5.18. The highest BCUT2D eigenvalue weighted by molar-refractivity contribution is 7.10. The van der Waals surface area contributed by atoms with Crippen molar-refractivity contribution in [2.24, 2.45) is 0 Å². The van der Waals surface area contributed by atoms with Crippen LogP contribution in [0.25, 0.3) is 0 Å². The summed E-state index contributed by atoms with van der Waals surface area (Å²) in [5.74, 6) is -0.132. The SMILES string of the molecule is CC[C@@]1(c2ccccc2)NC(=O)N(C[NH+]2CCc3sccc3[C@@H]2C)C1=O. The molecule has 1 aromatic heterocycles. The number of urea groups is 1. The summed E-state index contributed by atoms with van der Waals surface area (Å²) in [7, 11) is 0. The lowest BCUT2D eigenvalue weighted by molar-refractivity contribution is -0.938. The van der Waals surface area contributed by atoms with Gasteiger partial charge in [0, 0.05) is 16.9 Å². The molecule has 3 amide bonds. The molecule has 1 saturated heterocycles. The Morgan fingerprint density at radius 2 is 2.04 bits per heavy atom. The monoisotopic (exact) mass is 370 g/mol. The minimum atomic E-state index is -0.940. The predicted molar refractivity (Wildman–Crippen MR) is 101 cm³/mol. The standard InChI is InChI=1S/C20H23N3O2S/c1-3-20(15-7-5-4-6-8-15)18(24)23(19(25)21-20)13-22-11-9-17-16(14(22)2)10-12-26-17/h4-8,10,12,14H,3,9,11,13H2,1-2H3,(H,21,25)/p+1/t14-,20-/m0/s1. The molecule has 4 rings (SSSR count). The number of fused-ring (bicyclic) bond motifs is 1. The number of hydrogen-bond acceptors (Lipinski definition) is 3. The van der Waals surface area contributed by atoms with E-state index in [9.17, 15) is 9.59 Å². The molecule has 3 heterocycles. The van der Waals surface area contributed by atoms with Crippen molar-refractivity contribution >= 4 is 23.3 Å². The van der Waals surface area contributed by atoms with E-state index in [4.69, 9.17) is 0 Å². The van der Waals surface area contributed by atoms with Gasteiger partial charge < -0.3 is 10.2 Å². The molecule has 0 spiro atoms. The Bertz CT molecular complexity index is 835. The molecule has 2 aliphatic rings. The van der Waals surface area contributed by atoms with Crippen LogP contribution in [0.3, 0.4) is 0 Å². The average molecular weight is 370 g/mol. The maximum absolute atomic E-state index is 13.3. The van der Waals surface area contributed by atoms with Crippen LogP contribution in [0, 0.1) is 0 Å². The molecule has 0 bridgehead atoms. The molecule has 3 atom stereocenters. The van der Waals surface area contributed by atoms with Crippen molar-refractivity contribution in [2.45, 2.75) is 38.3 Å². The molecular weight excluding hydrogens is 346 g/mol. The van der Waals surface area contributed by atoms with Crippen molar-refractivity contribution in [3.63, 3.8) is 0 Å². The quantitative estimate of drug-likeness (QED) is 0.810. The molecule has 136 valence electrons. The smallest absolute Gasteiger partial charge is 0.319 e. The second kappa shape index (κ2) is 6.52. The third-order valence-electron chi connectivity index (χ3n) is 5.87. The van der Waals surface area contributed by atoms with Crippen LogP contribution in [0.5, 0.6) is 0 Å². The van der Waals surface area contributed by atoms with E-state index in [0.29, 0.717) is 19.1 Å². The molecule has 0 radical (unpaired) electrons. The van der Waals surface area contributed by atoms with E-state index in [1.807, 2.05) is 37.3 Å². The number of imide groups is 1. The van der Waals surface area contributed by atoms with Gasteiger partial charge in [-0.25, -0.2) is 9.69 Å². The van der Waals surface area contributed by atoms with Crippen LogP contribution in [-0.4, -0.2) is 30.1 Å². The third-order valence-corrected chi connectivity index (χ3v) is 6.86. The van der Waals surface area contributed by atoms with Gasteiger partial charge in [-0.2, -0.15) is 0 Å². The van der Waals surface area contributed by atoms with Gasteiger partial charge in [0.1, 0.15) is 11.6 Å². The molecule has 0 saturated carbocycles. The van der Waals surface area contributed by atoms with Crippen molar-refractivity contribution in [2.75, 3.05) is 13.2 Å². The van der Waals surface area contributed by atoms with Gasteiger partial charge >= 0.3 is 6.03 Å². The van der Waals surface area contributed by atoms with E-state index >= 15 is 0 Å². The Morgan fingerprint density at radius 3 is 2.77 bits per heavy atom. The van der Waals surface area contributed by atoms with E-state index in [1.165, 1.54) is 20.2 Å². The molecule has 1 fully saturated rings. The number of amides is 3. The zero-order valence-corrected chi connectivity index (χ0v) is 15.9. The summed E-state index contributed by atoms with van der Waals surface area (Å²) >= 11 is 1.80. The first kappa shape index (κ1) is 17.2. The summed E-state index contributed by atoms with van der Waals surface area (Å²) in [5, 5.41) is 5.11. The fourth-order valence-electron chi connectivity index (χ4n) is 4.20. The number of thiophene rings is 1. The van der Waals surface area contributed by atoms with Crippen LogP contribution in [0.2, 0.25) is 0 Å². The Kier molecular flexibility index (Phi) is 4.32. The number of carbonyl (C=O) groups excluding carboxylic acids is 2. The lowest BCUT2D eigenvalue weighted by atomic mass is 9.87. The minimum Gasteiger partial charge on any atom is -0.319 e. The Balaban J connectivity index is 1.59. The number of nitrogens with one attached hydrogen (secondary N) is 2. The first-order valence-corrected chi connectivity index (χ1v) is 10.0. The second-order valence-electron chi connectivity index (χ2n) is 7.13. The van der Waals surface area contributed by atoms with Crippen LogP contribution in [0.1, 0.15) is 42.3 Å². The summed E-state index contributed by atoms with van der Waals surface area (Å²) in [6.45, 7) is 5.48. The lowest BCUT2D eigenvalue weighted by Gasteiger charge is -2.32. The largest absolute Gasteiger partial charge is 0.329 e. The highest BCUT2D eigenvalue weighted by atomic mass is 32.1. The minimum absolute atomic E-state index is 0.132. The number of nitrogens with zero attached hydrogens (tertiary/aromatic N) is 1. The van der Waals surface area contributed by atoms with Crippen LogP contribution < -0.4 is 10.2 Å². The van der Waals surface area contributed by atoms with E-state index in [-0.39, 0.29) is 11.9 Å². The molecule has 2 N–H and O–H groups in total. The van der Waals surface area contributed by atoms with E-state index in [1.54, 1.807) is 11.3 Å². The van der Waals surface area contributed by atoms with E-state index < -0.39 is 5.54 Å². The van der Waals surface area contributed by atoms with Gasteiger partial charge in [0.05, 0.1) is 6.54 Å². The van der Waals surface area contributed by atoms with Crippen molar-refractivity contribution in [3.05, 3.63) is 57.8 Å². The maximum Gasteiger partial charge on any atom is 0.329 e. The van der Waals surface area contributed by atoms with E-state index in [2.05, 4.69) is 23.7 Å². The van der Waals surface area contributed by atoms with E-state index in [0.717, 1.165) is 18.5 Å². The Hall–Kier alpha value is -2.18. The molecule has 5 nitrogen and oxygen atoms in total. The molecule has 2 aliphatic heterocycles. The van der Waals surface area contributed by atoms with Gasteiger partial charge in [-0.3, -0.25) is 4.79 Å². The summed E-state index contributed by atoms with van der Waals surface area (Å²) in [6, 6.07) is 11.8. The normalized spacial score (nSPS) is 28.2. The number of rotatable bonds is 4. The number of carbonyl (C=O) groups is 2. The molecule has 1 unspecified atom stereocenters. The maximum atomic E-state index is 13.3. The average Bonchev–Trinajstić information content (AvgIpc) is 3.23. The van der Waals surface area contributed by atoms with Crippen LogP contribution in [0.4, 0.5) is 4.79 Å². The molecule has 1 aromatic carbocycles. The summed E-state index contributed by atoms with van der Waals surface area (Å²) in [4.78, 5) is 30.1. The summed E-state index contributed by atoms with van der Waals surface area (Å²) in [5.41, 5.74) is 1.27. The van der Waals surface area contributed by atoms with Crippen molar-refractivity contribution in [1.82, 2.24) is 10.2 Å². The van der Waals surface area contributed by atoms with Crippen LogP contribution >= 0.6 is 11.3 Å². The number of benzene rings is 1. The Labute approximate surface area is 157 Å². The zero-order valence-electron chi connectivity index (χ0n) is 15.1. The molecule has 6 heteroatoms. The lowest BCUT2D eigenvalue weighted by Crippen LogP contribution is -3.14. The van der Waals surface area contributed by atoms with Crippen molar-refractivity contribution in [1.29, 1.82) is 0 Å². The first-order chi connectivity index (χ1) is 12.6.